The minimum Gasteiger partial charge on any atom is -0.480 e. The number of likely N-dealkylation sites (tertiary alicyclic amines) is 1. The molecule has 0 unspecified atom stereocenters. The molecule has 0 bridgehead atoms. The third-order valence-electron chi connectivity index (χ3n) is 4.42. The highest BCUT2D eigenvalue weighted by Crippen LogP contribution is 2.23. The number of hydrogen-bond donors (Lipinski definition) is 1. The van der Waals surface area contributed by atoms with Gasteiger partial charge in [0.05, 0.1) is 23.0 Å². The maximum Gasteiger partial charge on any atom is 0.317 e. The van der Waals surface area contributed by atoms with Crippen molar-refractivity contribution in [3.8, 4) is 0 Å². The highest BCUT2D eigenvalue weighted by molar-refractivity contribution is 6.42. The van der Waals surface area contributed by atoms with E-state index >= 15 is 0 Å². The van der Waals surface area contributed by atoms with Crippen molar-refractivity contribution in [3.63, 3.8) is 0 Å². The van der Waals surface area contributed by atoms with Crippen molar-refractivity contribution in [3.05, 3.63) is 33.8 Å². The zero-order valence-electron chi connectivity index (χ0n) is 13.7. The molecule has 1 aromatic rings. The van der Waals surface area contributed by atoms with E-state index < -0.39 is 5.97 Å². The van der Waals surface area contributed by atoms with E-state index in [0.717, 1.165) is 18.4 Å². The predicted molar refractivity (Wildman–Crippen MR) is 94.7 cm³/mol. The number of rotatable bonds is 6. The number of carbonyl (C=O) groups is 2. The molecule has 1 aliphatic rings. The first kappa shape index (κ1) is 19.0. The lowest BCUT2D eigenvalue weighted by Crippen LogP contribution is -2.48. The standard InChI is InChI=1S/C17H22Cl2N2O3/c1-2-20(11-17(23)24)13-5-7-21(8-6-13)16(22)10-12-3-4-14(18)15(19)9-12/h3-4,9,13H,2,5-8,10-11H2,1H3,(H,23,24). The molecule has 0 radical (unpaired) electrons. The monoisotopic (exact) mass is 372 g/mol. The van der Waals surface area contributed by atoms with Crippen molar-refractivity contribution in [1.82, 2.24) is 9.80 Å². The van der Waals surface area contributed by atoms with Crippen molar-refractivity contribution in [2.24, 2.45) is 0 Å². The summed E-state index contributed by atoms with van der Waals surface area (Å²) in [7, 11) is 0. The number of hydrogen-bond acceptors (Lipinski definition) is 3. The van der Waals surface area contributed by atoms with Crippen LogP contribution in [0.1, 0.15) is 25.3 Å². The number of likely N-dealkylation sites (N-methyl/N-ethyl adjacent to an activating group) is 1. The van der Waals surface area contributed by atoms with Gasteiger partial charge < -0.3 is 10.0 Å². The number of piperidine rings is 1. The topological polar surface area (TPSA) is 60.9 Å². The second kappa shape index (κ2) is 8.70. The highest BCUT2D eigenvalue weighted by atomic mass is 35.5. The first-order chi connectivity index (χ1) is 11.4. The van der Waals surface area contributed by atoms with Gasteiger partial charge in [0.1, 0.15) is 0 Å². The first-order valence-electron chi connectivity index (χ1n) is 8.08. The van der Waals surface area contributed by atoms with Crippen LogP contribution in [0.25, 0.3) is 0 Å². The molecular weight excluding hydrogens is 351 g/mol. The largest absolute Gasteiger partial charge is 0.480 e. The molecule has 0 saturated carbocycles. The van der Waals surface area contributed by atoms with Gasteiger partial charge in [-0.25, -0.2) is 0 Å². The van der Waals surface area contributed by atoms with Crippen molar-refractivity contribution in [1.29, 1.82) is 0 Å². The summed E-state index contributed by atoms with van der Waals surface area (Å²) in [6.07, 6.45) is 1.90. The lowest BCUT2D eigenvalue weighted by Gasteiger charge is -2.37. The minimum atomic E-state index is -0.810. The van der Waals surface area contributed by atoms with Crippen molar-refractivity contribution < 1.29 is 14.7 Å². The maximum absolute atomic E-state index is 12.4. The van der Waals surface area contributed by atoms with Gasteiger partial charge in [0, 0.05) is 19.1 Å². The Morgan fingerprint density at radius 1 is 1.25 bits per heavy atom. The second-order valence-electron chi connectivity index (χ2n) is 5.99. The Bertz CT molecular complexity index is 601. The van der Waals surface area contributed by atoms with Crippen LogP contribution in [0.15, 0.2) is 18.2 Å². The molecule has 0 aliphatic carbocycles. The molecule has 2 rings (SSSR count). The summed E-state index contributed by atoms with van der Waals surface area (Å²) < 4.78 is 0. The van der Waals surface area contributed by atoms with Gasteiger partial charge in [0.15, 0.2) is 0 Å². The first-order valence-corrected chi connectivity index (χ1v) is 8.83. The van der Waals surface area contributed by atoms with E-state index in [1.807, 2.05) is 22.8 Å². The number of nitrogens with zero attached hydrogens (tertiary/aromatic N) is 2. The molecule has 24 heavy (non-hydrogen) atoms. The summed E-state index contributed by atoms with van der Waals surface area (Å²) in [6, 6.07) is 5.45. The van der Waals surface area contributed by atoms with Gasteiger partial charge in [-0.2, -0.15) is 0 Å². The molecule has 1 aliphatic heterocycles. The maximum atomic E-state index is 12.4. The van der Waals surface area contributed by atoms with Crippen LogP contribution >= 0.6 is 23.2 Å². The lowest BCUT2D eigenvalue weighted by atomic mass is 10.0. The zero-order valence-corrected chi connectivity index (χ0v) is 15.2. The molecule has 132 valence electrons. The fourth-order valence-electron chi connectivity index (χ4n) is 3.09. The third kappa shape index (κ3) is 5.10. The Morgan fingerprint density at radius 2 is 1.92 bits per heavy atom. The van der Waals surface area contributed by atoms with Gasteiger partial charge in [-0.1, -0.05) is 36.2 Å². The number of carboxylic acid groups (broad SMARTS) is 1. The molecule has 1 heterocycles. The fraction of sp³-hybridized carbons (Fsp3) is 0.529. The van der Waals surface area contributed by atoms with Gasteiger partial charge in [0.25, 0.3) is 0 Å². The van der Waals surface area contributed by atoms with Crippen molar-refractivity contribution in [2.45, 2.75) is 32.2 Å². The zero-order chi connectivity index (χ0) is 17.7. The third-order valence-corrected chi connectivity index (χ3v) is 5.16. The molecule has 1 N–H and O–H groups in total. The predicted octanol–water partition coefficient (Wildman–Crippen LogP) is 2.93. The Morgan fingerprint density at radius 3 is 2.46 bits per heavy atom. The van der Waals surface area contributed by atoms with E-state index in [1.54, 1.807) is 12.1 Å². The van der Waals surface area contributed by atoms with Crippen LogP contribution in [-0.2, 0) is 16.0 Å². The number of carboxylic acids is 1. The van der Waals surface area contributed by atoms with Crippen molar-refractivity contribution in [2.75, 3.05) is 26.2 Å². The number of carbonyl (C=O) groups excluding carboxylic acids is 1. The minimum absolute atomic E-state index is 0.0540. The van der Waals surface area contributed by atoms with Crippen LogP contribution < -0.4 is 0 Å². The van der Waals surface area contributed by atoms with Gasteiger partial charge >= 0.3 is 5.97 Å². The summed E-state index contributed by atoms with van der Waals surface area (Å²) in [5, 5.41) is 9.90. The Balaban J connectivity index is 1.88. The summed E-state index contributed by atoms with van der Waals surface area (Å²) in [4.78, 5) is 27.1. The molecule has 0 aromatic heterocycles. The Kier molecular flexibility index (Phi) is 6.90. The SMILES string of the molecule is CCN(CC(=O)O)C1CCN(C(=O)Cc2ccc(Cl)c(Cl)c2)CC1. The van der Waals surface area contributed by atoms with Crippen LogP contribution in [-0.4, -0.2) is 59.0 Å². The number of amides is 1. The average molecular weight is 373 g/mol. The summed E-state index contributed by atoms with van der Waals surface area (Å²) >= 11 is 11.9. The van der Waals surface area contributed by atoms with Gasteiger partial charge in [-0.05, 0) is 37.1 Å². The van der Waals surface area contributed by atoms with E-state index in [1.165, 1.54) is 0 Å². The van der Waals surface area contributed by atoms with E-state index in [4.69, 9.17) is 28.3 Å². The van der Waals surface area contributed by atoms with Gasteiger partial charge in [0.2, 0.25) is 5.91 Å². The lowest BCUT2D eigenvalue weighted by molar-refractivity contribution is -0.140. The van der Waals surface area contributed by atoms with Crippen LogP contribution in [0, 0.1) is 0 Å². The molecule has 0 atom stereocenters. The second-order valence-corrected chi connectivity index (χ2v) is 6.81. The molecular formula is C17H22Cl2N2O3. The average Bonchev–Trinajstić information content (AvgIpc) is 2.56. The Labute approximate surface area is 152 Å². The van der Waals surface area contributed by atoms with Crippen molar-refractivity contribution >= 4 is 35.1 Å². The summed E-state index contributed by atoms with van der Waals surface area (Å²) in [6.45, 7) is 4.03. The molecule has 1 saturated heterocycles. The quantitative estimate of drug-likeness (QED) is 0.833. The Hall–Kier alpha value is -1.30. The fourth-order valence-corrected chi connectivity index (χ4v) is 3.41. The van der Waals surface area contributed by atoms with Crippen LogP contribution in [0.3, 0.4) is 0 Å². The molecule has 1 aromatic carbocycles. The van der Waals surface area contributed by atoms with Gasteiger partial charge in [-0.15, -0.1) is 0 Å². The molecule has 1 fully saturated rings. The number of benzene rings is 1. The van der Waals surface area contributed by atoms with Gasteiger partial charge in [-0.3, -0.25) is 14.5 Å². The molecule has 1 amide bonds. The van der Waals surface area contributed by atoms with Crippen LogP contribution in [0.2, 0.25) is 10.0 Å². The van der Waals surface area contributed by atoms with E-state index in [0.29, 0.717) is 36.1 Å². The molecule has 0 spiro atoms. The summed E-state index contributed by atoms with van der Waals surface area (Å²) in [5.74, 6) is -0.747. The van der Waals surface area contributed by atoms with Crippen LogP contribution in [0.4, 0.5) is 0 Å². The van der Waals surface area contributed by atoms with E-state index in [-0.39, 0.29) is 18.5 Å². The molecule has 7 heteroatoms. The van der Waals surface area contributed by atoms with E-state index in [9.17, 15) is 9.59 Å². The van der Waals surface area contributed by atoms with Crippen LogP contribution in [0.5, 0.6) is 0 Å². The smallest absolute Gasteiger partial charge is 0.317 e. The van der Waals surface area contributed by atoms with E-state index in [2.05, 4.69) is 0 Å². The normalized spacial score (nSPS) is 15.8. The number of aliphatic carboxylic acids is 1. The molecule has 5 nitrogen and oxygen atoms in total. The highest BCUT2D eigenvalue weighted by Gasteiger charge is 2.27. The summed E-state index contributed by atoms with van der Waals surface area (Å²) in [5.41, 5.74) is 0.845. The number of halogens is 2.